The van der Waals surface area contributed by atoms with Crippen LogP contribution in [0.25, 0.3) is 0 Å². The summed E-state index contributed by atoms with van der Waals surface area (Å²) in [5, 5.41) is 0. The molecule has 0 aromatic carbocycles. The van der Waals surface area contributed by atoms with Crippen molar-refractivity contribution in [3.8, 4) is 0 Å². The van der Waals surface area contributed by atoms with Crippen LogP contribution in [0.1, 0.15) is 39.5 Å². The van der Waals surface area contributed by atoms with E-state index in [2.05, 4.69) is 24.3 Å². The Morgan fingerprint density at radius 2 is 1.13 bits per heavy atom. The molecule has 0 fully saturated rings. The van der Waals surface area contributed by atoms with Gasteiger partial charge in [0, 0.05) is 31.6 Å². The van der Waals surface area contributed by atoms with Crippen LogP contribution >= 0.6 is 0 Å². The molecule has 1 aliphatic rings. The number of rotatable bonds is 1. The van der Waals surface area contributed by atoms with Gasteiger partial charge in [0.2, 0.25) is 0 Å². The van der Waals surface area contributed by atoms with E-state index in [4.69, 9.17) is 11.5 Å². The van der Waals surface area contributed by atoms with Crippen molar-refractivity contribution in [2.24, 2.45) is 11.5 Å². The molecule has 0 amide bonds. The summed E-state index contributed by atoms with van der Waals surface area (Å²) in [4.78, 5) is 0. The predicted octanol–water partition coefficient (Wildman–Crippen LogP) is 2.35. The maximum Gasteiger partial charge on any atom is 0.0221 e. The third kappa shape index (κ3) is 16.7. The van der Waals surface area contributed by atoms with Crippen LogP contribution in [-0.2, 0) is 19.5 Å². The second kappa shape index (κ2) is 10.5. The van der Waals surface area contributed by atoms with Gasteiger partial charge in [-0.3, -0.25) is 0 Å². The van der Waals surface area contributed by atoms with Gasteiger partial charge in [0.1, 0.15) is 0 Å². The smallest absolute Gasteiger partial charge is 0.0221 e. The van der Waals surface area contributed by atoms with Crippen LogP contribution < -0.4 is 11.5 Å². The van der Waals surface area contributed by atoms with E-state index in [0.717, 1.165) is 0 Å². The van der Waals surface area contributed by atoms with E-state index in [9.17, 15) is 0 Å². The Labute approximate surface area is 107 Å². The molecule has 4 N–H and O–H groups in total. The van der Waals surface area contributed by atoms with Crippen LogP contribution in [0.4, 0.5) is 0 Å². The molecular formula is C12H24N2Ru. The summed E-state index contributed by atoms with van der Waals surface area (Å²) in [7, 11) is 0. The van der Waals surface area contributed by atoms with Crippen LogP contribution in [-0.4, -0.2) is 12.1 Å². The molecule has 1 aliphatic carbocycles. The summed E-state index contributed by atoms with van der Waals surface area (Å²) in [6.07, 6.45) is 14.0. The van der Waals surface area contributed by atoms with Gasteiger partial charge < -0.3 is 11.5 Å². The first-order chi connectivity index (χ1) is 6.56. The van der Waals surface area contributed by atoms with Gasteiger partial charge in [-0.25, -0.2) is 0 Å². The molecule has 0 radical (unpaired) electrons. The Morgan fingerprint density at radius 1 is 0.933 bits per heavy atom. The zero-order valence-electron chi connectivity index (χ0n) is 9.85. The molecule has 0 aromatic heterocycles. The molecular weight excluding hydrogens is 273 g/mol. The van der Waals surface area contributed by atoms with Gasteiger partial charge in [-0.1, -0.05) is 24.3 Å². The SMILES string of the molecule is C1=CCCC=CCC1.CC(C)(N)CN.[Ru]. The number of hydrogen-bond donors (Lipinski definition) is 2. The molecule has 15 heavy (non-hydrogen) atoms. The first-order valence-electron chi connectivity index (χ1n) is 5.35. The summed E-state index contributed by atoms with van der Waals surface area (Å²) in [6, 6.07) is 0. The van der Waals surface area contributed by atoms with E-state index in [-0.39, 0.29) is 25.0 Å². The molecule has 0 saturated carbocycles. The zero-order valence-corrected chi connectivity index (χ0v) is 11.6. The first kappa shape index (κ1) is 17.4. The fourth-order valence-corrected chi connectivity index (χ4v) is 0.856. The fourth-order valence-electron chi connectivity index (χ4n) is 0.856. The number of allylic oxidation sites excluding steroid dienone is 4. The Hall–Kier alpha value is 0.0234. The summed E-state index contributed by atoms with van der Waals surface area (Å²) in [5.74, 6) is 0. The van der Waals surface area contributed by atoms with Crippen molar-refractivity contribution < 1.29 is 19.5 Å². The second-order valence-electron chi connectivity index (χ2n) is 4.29. The van der Waals surface area contributed by atoms with Crippen LogP contribution in [0, 0.1) is 0 Å². The van der Waals surface area contributed by atoms with Crippen molar-refractivity contribution >= 4 is 0 Å². The van der Waals surface area contributed by atoms with E-state index in [1.165, 1.54) is 25.7 Å². The van der Waals surface area contributed by atoms with Gasteiger partial charge in [-0.2, -0.15) is 0 Å². The van der Waals surface area contributed by atoms with Crippen molar-refractivity contribution in [1.29, 1.82) is 0 Å². The average molecular weight is 297 g/mol. The van der Waals surface area contributed by atoms with Crippen molar-refractivity contribution in [1.82, 2.24) is 0 Å². The molecule has 0 bridgehead atoms. The van der Waals surface area contributed by atoms with Gasteiger partial charge in [-0.05, 0) is 39.5 Å². The molecule has 0 aliphatic heterocycles. The monoisotopic (exact) mass is 298 g/mol. The van der Waals surface area contributed by atoms with E-state index in [1.54, 1.807) is 0 Å². The summed E-state index contributed by atoms with van der Waals surface area (Å²) in [5.41, 5.74) is 10.4. The molecule has 0 atom stereocenters. The molecule has 0 spiro atoms. The normalized spacial score (nSPS) is 15.5. The van der Waals surface area contributed by atoms with Crippen LogP contribution in [0.15, 0.2) is 24.3 Å². The van der Waals surface area contributed by atoms with Crippen molar-refractivity contribution in [2.75, 3.05) is 6.54 Å². The summed E-state index contributed by atoms with van der Waals surface area (Å²) < 4.78 is 0. The quantitative estimate of drug-likeness (QED) is 0.576. The van der Waals surface area contributed by atoms with Gasteiger partial charge in [0.15, 0.2) is 0 Å². The van der Waals surface area contributed by atoms with Crippen LogP contribution in [0.2, 0.25) is 0 Å². The Morgan fingerprint density at radius 3 is 1.27 bits per heavy atom. The molecule has 1 rings (SSSR count). The maximum absolute atomic E-state index is 5.41. The Bertz CT molecular complexity index is 155. The molecule has 0 saturated heterocycles. The number of hydrogen-bond acceptors (Lipinski definition) is 2. The second-order valence-corrected chi connectivity index (χ2v) is 4.29. The van der Waals surface area contributed by atoms with Gasteiger partial charge >= 0.3 is 0 Å². The minimum absolute atomic E-state index is 0. The summed E-state index contributed by atoms with van der Waals surface area (Å²) in [6.45, 7) is 4.34. The topological polar surface area (TPSA) is 52.0 Å². The largest absolute Gasteiger partial charge is 0.329 e. The third-order valence-electron chi connectivity index (χ3n) is 1.86. The minimum Gasteiger partial charge on any atom is -0.329 e. The van der Waals surface area contributed by atoms with Crippen LogP contribution in [0.3, 0.4) is 0 Å². The van der Waals surface area contributed by atoms with Gasteiger partial charge in [0.05, 0.1) is 0 Å². The predicted molar refractivity (Wildman–Crippen MR) is 64.1 cm³/mol. The first-order valence-corrected chi connectivity index (χ1v) is 5.35. The average Bonchev–Trinajstić information content (AvgIpc) is 2.02. The van der Waals surface area contributed by atoms with Crippen molar-refractivity contribution in [2.45, 2.75) is 45.1 Å². The molecule has 0 heterocycles. The van der Waals surface area contributed by atoms with Gasteiger partial charge in [0.25, 0.3) is 0 Å². The van der Waals surface area contributed by atoms with Gasteiger partial charge in [-0.15, -0.1) is 0 Å². The minimum atomic E-state index is -0.181. The van der Waals surface area contributed by atoms with E-state index in [0.29, 0.717) is 6.54 Å². The van der Waals surface area contributed by atoms with Crippen molar-refractivity contribution in [3.63, 3.8) is 0 Å². The van der Waals surface area contributed by atoms with Crippen LogP contribution in [0.5, 0.6) is 0 Å². The molecule has 0 unspecified atom stereocenters. The third-order valence-corrected chi connectivity index (χ3v) is 1.86. The number of nitrogens with two attached hydrogens (primary N) is 2. The maximum atomic E-state index is 5.41. The fraction of sp³-hybridized carbons (Fsp3) is 0.667. The van der Waals surface area contributed by atoms with E-state index < -0.39 is 0 Å². The molecule has 2 nitrogen and oxygen atoms in total. The Balaban J connectivity index is 0. The van der Waals surface area contributed by atoms with E-state index >= 15 is 0 Å². The summed E-state index contributed by atoms with van der Waals surface area (Å²) >= 11 is 0. The van der Waals surface area contributed by atoms with Crippen molar-refractivity contribution in [3.05, 3.63) is 24.3 Å². The Kier molecular flexibility index (Phi) is 12.2. The zero-order chi connectivity index (χ0) is 10.9. The molecule has 0 aromatic rings. The van der Waals surface area contributed by atoms with E-state index in [1.807, 2.05) is 13.8 Å². The standard InChI is InChI=1S/C8H12.C4H12N2.Ru/c1-2-4-6-8-7-5-3-1;1-4(2,6)3-5;/h1-2,7-8H,3-6H2;3,5-6H2,1-2H3;. The molecule has 90 valence electrons. The molecule has 3 heteroatoms.